The van der Waals surface area contributed by atoms with E-state index in [1.807, 2.05) is 11.0 Å². The molecule has 102 valence electrons. The molecule has 0 saturated carbocycles. The molecule has 1 unspecified atom stereocenters. The Morgan fingerprint density at radius 2 is 2.16 bits per heavy atom. The maximum Gasteiger partial charge on any atom is 0.248 e. The maximum absolute atomic E-state index is 11.4. The van der Waals surface area contributed by atoms with E-state index in [0.29, 0.717) is 18.7 Å². The molecular weight excluding hydrogens is 244 g/mol. The second-order valence-electron chi connectivity index (χ2n) is 4.66. The molecule has 1 aliphatic heterocycles. The van der Waals surface area contributed by atoms with Gasteiger partial charge in [0.15, 0.2) is 0 Å². The van der Waals surface area contributed by atoms with Crippen molar-refractivity contribution >= 4 is 11.8 Å². The number of benzene rings is 1. The molecule has 1 heterocycles. The molecule has 1 atom stereocenters. The van der Waals surface area contributed by atoms with Crippen LogP contribution in [0.25, 0.3) is 0 Å². The summed E-state index contributed by atoms with van der Waals surface area (Å²) < 4.78 is 0. The molecule has 0 aliphatic carbocycles. The van der Waals surface area contributed by atoms with E-state index in [1.165, 1.54) is 0 Å². The van der Waals surface area contributed by atoms with Crippen molar-refractivity contribution in [2.45, 2.75) is 12.6 Å². The molecule has 5 N–H and O–H groups in total. The average Bonchev–Trinajstić information content (AvgIpc) is 2.39. The molecule has 6 heteroatoms. The number of piperazine rings is 1. The van der Waals surface area contributed by atoms with Crippen LogP contribution >= 0.6 is 0 Å². The summed E-state index contributed by atoms with van der Waals surface area (Å²) in [4.78, 5) is 24.6. The molecule has 1 aromatic rings. The van der Waals surface area contributed by atoms with Gasteiger partial charge in [-0.15, -0.1) is 0 Å². The van der Waals surface area contributed by atoms with Crippen molar-refractivity contribution in [3.63, 3.8) is 0 Å². The number of nitrogens with zero attached hydrogens (tertiary/aromatic N) is 1. The van der Waals surface area contributed by atoms with Crippen molar-refractivity contribution in [1.29, 1.82) is 0 Å². The van der Waals surface area contributed by atoms with Crippen molar-refractivity contribution in [2.24, 2.45) is 11.5 Å². The number of hydrogen-bond acceptors (Lipinski definition) is 4. The zero-order valence-electron chi connectivity index (χ0n) is 10.6. The van der Waals surface area contributed by atoms with Gasteiger partial charge in [0.05, 0.1) is 0 Å². The fraction of sp³-hybridized carbons (Fsp3) is 0.385. The Hall–Kier alpha value is -1.92. The quantitative estimate of drug-likeness (QED) is 0.650. The molecule has 1 aliphatic rings. The number of hydrogen-bond donors (Lipinski definition) is 3. The fourth-order valence-corrected chi connectivity index (χ4v) is 2.27. The SMILES string of the molecule is NC(=O)c1cccc(CN2CCNCC2C(N)=O)c1. The first-order chi connectivity index (χ1) is 9.08. The van der Waals surface area contributed by atoms with E-state index in [2.05, 4.69) is 5.32 Å². The van der Waals surface area contributed by atoms with Gasteiger partial charge in [-0.2, -0.15) is 0 Å². The van der Waals surface area contributed by atoms with Crippen molar-refractivity contribution < 1.29 is 9.59 Å². The number of nitrogens with two attached hydrogens (primary N) is 2. The molecule has 19 heavy (non-hydrogen) atoms. The maximum atomic E-state index is 11.4. The largest absolute Gasteiger partial charge is 0.368 e. The topological polar surface area (TPSA) is 101 Å². The molecule has 0 radical (unpaired) electrons. The Morgan fingerprint density at radius 1 is 1.37 bits per heavy atom. The van der Waals surface area contributed by atoms with Crippen molar-refractivity contribution in [3.8, 4) is 0 Å². The number of carbonyl (C=O) groups excluding carboxylic acids is 2. The van der Waals surface area contributed by atoms with Crippen LogP contribution in [-0.4, -0.2) is 42.4 Å². The van der Waals surface area contributed by atoms with Crippen LogP contribution in [0.1, 0.15) is 15.9 Å². The first kappa shape index (κ1) is 13.5. The lowest BCUT2D eigenvalue weighted by Gasteiger charge is -2.34. The van der Waals surface area contributed by atoms with Gasteiger partial charge in [0, 0.05) is 31.7 Å². The van der Waals surface area contributed by atoms with Gasteiger partial charge < -0.3 is 16.8 Å². The monoisotopic (exact) mass is 262 g/mol. The minimum atomic E-state index is -0.450. The zero-order valence-corrected chi connectivity index (χ0v) is 10.6. The van der Waals surface area contributed by atoms with Crippen LogP contribution in [0.3, 0.4) is 0 Å². The summed E-state index contributed by atoms with van der Waals surface area (Å²) in [5.41, 5.74) is 12.1. The van der Waals surface area contributed by atoms with E-state index < -0.39 is 5.91 Å². The number of primary amides is 2. The summed E-state index contributed by atoms with van der Waals surface area (Å²) in [6.07, 6.45) is 0. The molecule has 0 spiro atoms. The van der Waals surface area contributed by atoms with Crippen LogP contribution in [0.5, 0.6) is 0 Å². The molecule has 1 saturated heterocycles. The summed E-state index contributed by atoms with van der Waals surface area (Å²) in [6, 6.07) is 6.81. The lowest BCUT2D eigenvalue weighted by molar-refractivity contribution is -0.124. The van der Waals surface area contributed by atoms with Crippen LogP contribution in [0.2, 0.25) is 0 Å². The second-order valence-corrected chi connectivity index (χ2v) is 4.66. The zero-order chi connectivity index (χ0) is 13.8. The van der Waals surface area contributed by atoms with Gasteiger partial charge in [0.25, 0.3) is 0 Å². The minimum absolute atomic E-state index is 0.314. The molecule has 2 amide bonds. The summed E-state index contributed by atoms with van der Waals surface area (Å²) in [5, 5.41) is 3.14. The van der Waals surface area contributed by atoms with Crippen LogP contribution in [0.4, 0.5) is 0 Å². The number of rotatable bonds is 4. The normalized spacial score (nSPS) is 20.1. The highest BCUT2D eigenvalue weighted by molar-refractivity contribution is 5.92. The Labute approximate surface area is 111 Å². The van der Waals surface area contributed by atoms with E-state index in [-0.39, 0.29) is 11.9 Å². The van der Waals surface area contributed by atoms with Crippen LogP contribution < -0.4 is 16.8 Å². The smallest absolute Gasteiger partial charge is 0.248 e. The van der Waals surface area contributed by atoms with Crippen molar-refractivity contribution in [3.05, 3.63) is 35.4 Å². The Morgan fingerprint density at radius 3 is 2.84 bits per heavy atom. The predicted octanol–water partition coefficient (Wildman–Crippen LogP) is -0.955. The van der Waals surface area contributed by atoms with Crippen LogP contribution in [-0.2, 0) is 11.3 Å². The number of nitrogens with one attached hydrogen (secondary N) is 1. The molecule has 2 rings (SSSR count). The van der Waals surface area contributed by atoms with Crippen LogP contribution in [0, 0.1) is 0 Å². The fourth-order valence-electron chi connectivity index (χ4n) is 2.27. The minimum Gasteiger partial charge on any atom is -0.368 e. The van der Waals surface area contributed by atoms with E-state index in [9.17, 15) is 9.59 Å². The molecule has 0 bridgehead atoms. The summed E-state index contributed by atoms with van der Waals surface area (Å²) in [5.74, 6) is -0.785. The first-order valence-corrected chi connectivity index (χ1v) is 6.21. The Bertz CT molecular complexity index is 489. The van der Waals surface area contributed by atoms with E-state index in [4.69, 9.17) is 11.5 Å². The van der Waals surface area contributed by atoms with E-state index in [0.717, 1.165) is 18.7 Å². The third-order valence-electron chi connectivity index (χ3n) is 3.28. The van der Waals surface area contributed by atoms with E-state index in [1.54, 1.807) is 18.2 Å². The summed E-state index contributed by atoms with van der Waals surface area (Å²) in [7, 11) is 0. The third kappa shape index (κ3) is 3.30. The van der Waals surface area contributed by atoms with Gasteiger partial charge in [-0.1, -0.05) is 12.1 Å². The van der Waals surface area contributed by atoms with Gasteiger partial charge >= 0.3 is 0 Å². The van der Waals surface area contributed by atoms with Crippen molar-refractivity contribution in [2.75, 3.05) is 19.6 Å². The standard InChI is InChI=1S/C13H18N4O2/c14-12(18)10-3-1-2-9(6-10)8-17-5-4-16-7-11(17)13(15)19/h1-3,6,11,16H,4-5,7-8H2,(H2,14,18)(H2,15,19). The summed E-state index contributed by atoms with van der Waals surface area (Å²) in [6.45, 7) is 2.70. The lowest BCUT2D eigenvalue weighted by atomic mass is 10.1. The molecule has 6 nitrogen and oxygen atoms in total. The van der Waals surface area contributed by atoms with Crippen molar-refractivity contribution in [1.82, 2.24) is 10.2 Å². The average molecular weight is 262 g/mol. The molecule has 0 aromatic heterocycles. The van der Waals surface area contributed by atoms with Crippen LogP contribution in [0.15, 0.2) is 24.3 Å². The van der Waals surface area contributed by atoms with Gasteiger partial charge in [0.1, 0.15) is 6.04 Å². The van der Waals surface area contributed by atoms with Gasteiger partial charge in [-0.25, -0.2) is 0 Å². The Kier molecular flexibility index (Phi) is 4.13. The van der Waals surface area contributed by atoms with E-state index >= 15 is 0 Å². The first-order valence-electron chi connectivity index (χ1n) is 6.21. The Balaban J connectivity index is 2.12. The molecule has 1 aromatic carbocycles. The predicted molar refractivity (Wildman–Crippen MR) is 71.2 cm³/mol. The second kappa shape index (κ2) is 5.81. The number of carbonyl (C=O) groups is 2. The summed E-state index contributed by atoms with van der Waals surface area (Å²) >= 11 is 0. The number of amides is 2. The lowest BCUT2D eigenvalue weighted by Crippen LogP contribution is -2.56. The van der Waals surface area contributed by atoms with Gasteiger partial charge in [0.2, 0.25) is 11.8 Å². The molecule has 1 fully saturated rings. The van der Waals surface area contributed by atoms with Gasteiger partial charge in [-0.3, -0.25) is 14.5 Å². The highest BCUT2D eigenvalue weighted by Crippen LogP contribution is 2.12. The highest BCUT2D eigenvalue weighted by Gasteiger charge is 2.26. The molecular formula is C13H18N4O2. The highest BCUT2D eigenvalue weighted by atomic mass is 16.1. The third-order valence-corrected chi connectivity index (χ3v) is 3.28. The van der Waals surface area contributed by atoms with Gasteiger partial charge in [-0.05, 0) is 17.7 Å².